The molecule has 2 aromatic rings. The number of carbonyl (C=O) groups is 1. The Balaban J connectivity index is 1.29. The predicted octanol–water partition coefficient (Wildman–Crippen LogP) is 3.80. The molecule has 2 aromatic carbocycles. The van der Waals surface area contributed by atoms with E-state index in [-0.39, 0.29) is 12.7 Å². The van der Waals surface area contributed by atoms with Gasteiger partial charge in [0.05, 0.1) is 18.8 Å². The Labute approximate surface area is 177 Å². The highest BCUT2D eigenvalue weighted by molar-refractivity contribution is 6.02. The van der Waals surface area contributed by atoms with Gasteiger partial charge in [-0.1, -0.05) is 49.2 Å². The number of fused-ring (bicyclic) bond motifs is 1. The van der Waals surface area contributed by atoms with Gasteiger partial charge in [0, 0.05) is 19.0 Å². The molecule has 1 amide bonds. The van der Waals surface area contributed by atoms with Gasteiger partial charge in [0.2, 0.25) is 6.79 Å². The summed E-state index contributed by atoms with van der Waals surface area (Å²) in [5.41, 5.74) is 3.24. The van der Waals surface area contributed by atoms with Gasteiger partial charge < -0.3 is 9.47 Å². The minimum absolute atomic E-state index is 0.0774. The van der Waals surface area contributed by atoms with Crippen molar-refractivity contribution >= 4 is 11.6 Å². The van der Waals surface area contributed by atoms with Gasteiger partial charge in [0.1, 0.15) is 0 Å². The van der Waals surface area contributed by atoms with Crippen molar-refractivity contribution < 1.29 is 14.3 Å². The first kappa shape index (κ1) is 19.1. The Morgan fingerprint density at radius 3 is 2.70 bits per heavy atom. The highest BCUT2D eigenvalue weighted by Gasteiger charge is 2.28. The van der Waals surface area contributed by atoms with Crippen molar-refractivity contribution in [3.05, 3.63) is 59.7 Å². The zero-order chi connectivity index (χ0) is 20.3. The van der Waals surface area contributed by atoms with Crippen LogP contribution in [0.5, 0.6) is 11.5 Å². The molecule has 0 atom stereocenters. The molecule has 5 rings (SSSR count). The van der Waals surface area contributed by atoms with Crippen LogP contribution < -0.4 is 9.47 Å². The number of rotatable bonds is 6. The van der Waals surface area contributed by atoms with Crippen LogP contribution in [0.3, 0.4) is 0 Å². The molecule has 0 unspecified atom stereocenters. The van der Waals surface area contributed by atoms with Gasteiger partial charge in [0.25, 0.3) is 5.91 Å². The summed E-state index contributed by atoms with van der Waals surface area (Å²) in [6.45, 7) is 2.06. The third-order valence-electron chi connectivity index (χ3n) is 6.20. The van der Waals surface area contributed by atoms with Crippen LogP contribution in [0.4, 0.5) is 0 Å². The molecule has 0 saturated heterocycles. The summed E-state index contributed by atoms with van der Waals surface area (Å²) in [6.07, 6.45) is 5.57. The van der Waals surface area contributed by atoms with E-state index in [1.807, 2.05) is 30.3 Å². The van der Waals surface area contributed by atoms with Crippen LogP contribution in [0.25, 0.3) is 0 Å². The second-order valence-corrected chi connectivity index (χ2v) is 8.21. The van der Waals surface area contributed by atoms with Crippen molar-refractivity contribution in [2.45, 2.75) is 44.7 Å². The van der Waals surface area contributed by atoms with Gasteiger partial charge in [0.15, 0.2) is 11.5 Å². The molecule has 2 heterocycles. The largest absolute Gasteiger partial charge is 0.454 e. The summed E-state index contributed by atoms with van der Waals surface area (Å²) >= 11 is 0. The number of ether oxygens (including phenoxy) is 2. The maximum atomic E-state index is 13.1. The molecular formula is C24H27N3O3. The Hall–Kier alpha value is -2.86. The first-order valence-corrected chi connectivity index (χ1v) is 10.8. The first-order chi connectivity index (χ1) is 14.8. The van der Waals surface area contributed by atoms with Crippen molar-refractivity contribution in [1.82, 2.24) is 9.91 Å². The fraction of sp³-hybridized carbons (Fsp3) is 0.417. The lowest BCUT2D eigenvalue weighted by Crippen LogP contribution is -2.41. The fourth-order valence-electron chi connectivity index (χ4n) is 4.58. The van der Waals surface area contributed by atoms with Crippen LogP contribution in [0.15, 0.2) is 53.6 Å². The summed E-state index contributed by atoms with van der Waals surface area (Å²) in [6, 6.07) is 16.6. The monoisotopic (exact) mass is 405 g/mol. The van der Waals surface area contributed by atoms with Gasteiger partial charge in [-0.05, 0) is 36.1 Å². The number of hydrogen-bond acceptors (Lipinski definition) is 5. The second kappa shape index (κ2) is 8.48. The smallest absolute Gasteiger partial charge is 0.256 e. The summed E-state index contributed by atoms with van der Waals surface area (Å²) in [7, 11) is 0. The molecule has 0 N–H and O–H groups in total. The lowest BCUT2D eigenvalue weighted by Gasteiger charge is -2.29. The second-order valence-electron chi connectivity index (χ2n) is 8.21. The molecule has 2 aliphatic heterocycles. The maximum Gasteiger partial charge on any atom is 0.256 e. The zero-order valence-corrected chi connectivity index (χ0v) is 17.1. The molecule has 0 bridgehead atoms. The van der Waals surface area contributed by atoms with Gasteiger partial charge in [-0.15, -0.1) is 0 Å². The molecule has 0 spiro atoms. The quantitative estimate of drug-likeness (QED) is 0.734. The van der Waals surface area contributed by atoms with Crippen LogP contribution in [0.2, 0.25) is 0 Å². The normalized spacial score (nSPS) is 18.3. The molecule has 6 heteroatoms. The van der Waals surface area contributed by atoms with Crippen molar-refractivity contribution in [3.63, 3.8) is 0 Å². The minimum Gasteiger partial charge on any atom is -0.454 e. The molecule has 0 aromatic heterocycles. The average Bonchev–Trinajstić information content (AvgIpc) is 3.55. The molecule has 6 nitrogen and oxygen atoms in total. The van der Waals surface area contributed by atoms with Gasteiger partial charge in [-0.3, -0.25) is 9.69 Å². The Morgan fingerprint density at radius 2 is 1.87 bits per heavy atom. The summed E-state index contributed by atoms with van der Waals surface area (Å²) in [5, 5.41) is 6.29. The average molecular weight is 405 g/mol. The lowest BCUT2D eigenvalue weighted by molar-refractivity contribution is -0.132. The van der Waals surface area contributed by atoms with Gasteiger partial charge >= 0.3 is 0 Å². The van der Waals surface area contributed by atoms with Gasteiger partial charge in [-0.2, -0.15) is 5.10 Å². The summed E-state index contributed by atoms with van der Waals surface area (Å²) < 4.78 is 11.0. The van der Waals surface area contributed by atoms with E-state index < -0.39 is 0 Å². The van der Waals surface area contributed by atoms with E-state index in [2.05, 4.69) is 28.2 Å². The molecule has 0 radical (unpaired) electrons. The number of hydrazone groups is 1. The standard InChI is InChI=1S/C24H27N3O3/c28-24(27-13-12-21(25-27)19-6-2-1-3-7-19)16-26(20-8-4-5-9-20)15-18-10-11-22-23(14-18)30-17-29-22/h1-3,6-7,10-11,14,20H,4-5,8-9,12-13,15-17H2. The number of benzene rings is 2. The van der Waals surface area contributed by atoms with Crippen LogP contribution >= 0.6 is 0 Å². The van der Waals surface area contributed by atoms with Crippen LogP contribution in [0, 0.1) is 0 Å². The molecular weight excluding hydrogens is 378 g/mol. The summed E-state index contributed by atoms with van der Waals surface area (Å²) in [4.78, 5) is 15.4. The zero-order valence-electron chi connectivity index (χ0n) is 17.1. The van der Waals surface area contributed by atoms with E-state index in [4.69, 9.17) is 9.47 Å². The third-order valence-corrected chi connectivity index (χ3v) is 6.20. The predicted molar refractivity (Wildman–Crippen MR) is 115 cm³/mol. The van der Waals surface area contributed by atoms with E-state index in [9.17, 15) is 4.79 Å². The highest BCUT2D eigenvalue weighted by atomic mass is 16.7. The Morgan fingerprint density at radius 1 is 1.07 bits per heavy atom. The van der Waals surface area contributed by atoms with Crippen molar-refractivity contribution in [3.8, 4) is 11.5 Å². The fourth-order valence-corrected chi connectivity index (χ4v) is 4.58. The number of hydrogen-bond donors (Lipinski definition) is 0. The molecule has 1 fully saturated rings. The lowest BCUT2D eigenvalue weighted by atomic mass is 10.1. The maximum absolute atomic E-state index is 13.1. The van der Waals surface area contributed by atoms with Crippen molar-refractivity contribution in [2.75, 3.05) is 19.9 Å². The van der Waals surface area contributed by atoms with E-state index in [1.165, 1.54) is 12.8 Å². The van der Waals surface area contributed by atoms with E-state index in [1.54, 1.807) is 5.01 Å². The highest BCUT2D eigenvalue weighted by Crippen LogP contribution is 2.33. The number of amides is 1. The van der Waals surface area contributed by atoms with Crippen molar-refractivity contribution in [1.29, 1.82) is 0 Å². The molecule has 1 aliphatic carbocycles. The van der Waals surface area contributed by atoms with Crippen molar-refractivity contribution in [2.24, 2.45) is 5.10 Å². The summed E-state index contributed by atoms with van der Waals surface area (Å²) in [5.74, 6) is 1.66. The molecule has 30 heavy (non-hydrogen) atoms. The van der Waals surface area contributed by atoms with E-state index in [0.717, 1.165) is 54.1 Å². The molecule has 1 saturated carbocycles. The van der Waals surface area contributed by atoms with Gasteiger partial charge in [-0.25, -0.2) is 5.01 Å². The van der Waals surface area contributed by atoms with Crippen LogP contribution in [-0.4, -0.2) is 47.5 Å². The number of nitrogens with zero attached hydrogens (tertiary/aromatic N) is 3. The third kappa shape index (κ3) is 4.05. The van der Waals surface area contributed by atoms with Crippen LogP contribution in [0.1, 0.15) is 43.2 Å². The first-order valence-electron chi connectivity index (χ1n) is 10.8. The molecule has 156 valence electrons. The SMILES string of the molecule is O=C(CN(Cc1ccc2c(c1)OCO2)C1CCCC1)N1CCC(c2ccccc2)=N1. The van der Waals surface area contributed by atoms with Crippen LogP contribution in [-0.2, 0) is 11.3 Å². The number of carbonyl (C=O) groups excluding carboxylic acids is 1. The molecule has 3 aliphatic rings. The Bertz CT molecular complexity index is 938. The topological polar surface area (TPSA) is 54.4 Å². The van der Waals surface area contributed by atoms with E-state index >= 15 is 0 Å². The van der Waals surface area contributed by atoms with E-state index in [0.29, 0.717) is 19.1 Å². The minimum atomic E-state index is 0.0774. The Kier molecular flexibility index (Phi) is 5.41.